The Balaban J connectivity index is 2.48. The van der Waals surface area contributed by atoms with Gasteiger partial charge in [0.2, 0.25) is 0 Å². The zero-order valence-corrected chi connectivity index (χ0v) is 9.52. The van der Waals surface area contributed by atoms with E-state index in [0.29, 0.717) is 36.8 Å². The minimum absolute atomic E-state index is 0.463. The Morgan fingerprint density at radius 1 is 1.18 bits per heavy atom. The van der Waals surface area contributed by atoms with Gasteiger partial charge in [0.25, 0.3) is 0 Å². The number of fused-ring (bicyclic) bond motifs is 1. The lowest BCUT2D eigenvalue weighted by Gasteiger charge is -2.12. The van der Waals surface area contributed by atoms with Gasteiger partial charge in [-0.05, 0) is 6.07 Å². The van der Waals surface area contributed by atoms with Gasteiger partial charge in [-0.15, -0.1) is 0 Å². The molecule has 4 heteroatoms. The molecule has 0 aromatic heterocycles. The smallest absolute Gasteiger partial charge is 0.172 e. The molecule has 2 rings (SSSR count). The quantitative estimate of drug-likeness (QED) is 0.806. The van der Waals surface area contributed by atoms with Gasteiger partial charge in [0.05, 0.1) is 18.8 Å². The number of carbonyl (C=O) groups is 1. The van der Waals surface area contributed by atoms with Crippen LogP contribution in [-0.2, 0) is 0 Å². The van der Waals surface area contributed by atoms with Crippen LogP contribution in [0.5, 0.6) is 11.5 Å². The van der Waals surface area contributed by atoms with Gasteiger partial charge in [0.15, 0.2) is 17.8 Å². The molecule has 0 aliphatic carbocycles. The standard InChI is InChI=1S/C13H15NO3/c14-6-1-3-10-4-5-11(9-15)13-12(10)16-7-2-8-17-13/h1,3-5,9H,2,6-8,14H2/b3-1+. The maximum atomic E-state index is 10.9. The molecule has 0 fully saturated rings. The Morgan fingerprint density at radius 2 is 1.82 bits per heavy atom. The molecule has 0 unspecified atom stereocenters. The van der Waals surface area contributed by atoms with Crippen molar-refractivity contribution in [2.45, 2.75) is 6.42 Å². The van der Waals surface area contributed by atoms with E-state index in [1.165, 1.54) is 0 Å². The highest BCUT2D eigenvalue weighted by Crippen LogP contribution is 2.36. The molecular formula is C13H15NO3. The zero-order valence-electron chi connectivity index (χ0n) is 9.52. The lowest BCUT2D eigenvalue weighted by atomic mass is 10.1. The highest BCUT2D eigenvalue weighted by atomic mass is 16.5. The highest BCUT2D eigenvalue weighted by Gasteiger charge is 2.17. The first-order chi connectivity index (χ1) is 8.36. The maximum absolute atomic E-state index is 10.9. The number of hydrogen-bond donors (Lipinski definition) is 1. The Hall–Kier alpha value is -1.81. The molecule has 2 N–H and O–H groups in total. The Labute approximate surface area is 100 Å². The molecule has 0 saturated carbocycles. The molecule has 0 radical (unpaired) electrons. The summed E-state index contributed by atoms with van der Waals surface area (Å²) < 4.78 is 11.2. The second-order valence-electron chi connectivity index (χ2n) is 3.71. The summed E-state index contributed by atoms with van der Waals surface area (Å²) in [5.74, 6) is 1.17. The summed E-state index contributed by atoms with van der Waals surface area (Å²) in [5.41, 5.74) is 6.83. The predicted molar refractivity (Wildman–Crippen MR) is 65.5 cm³/mol. The van der Waals surface area contributed by atoms with Crippen molar-refractivity contribution in [1.29, 1.82) is 0 Å². The van der Waals surface area contributed by atoms with Crippen molar-refractivity contribution in [2.75, 3.05) is 19.8 Å². The molecule has 0 bridgehead atoms. The fourth-order valence-corrected chi connectivity index (χ4v) is 1.72. The summed E-state index contributed by atoms with van der Waals surface area (Å²) >= 11 is 0. The van der Waals surface area contributed by atoms with Gasteiger partial charge in [-0.1, -0.05) is 18.2 Å². The van der Waals surface area contributed by atoms with Gasteiger partial charge in [-0.25, -0.2) is 0 Å². The largest absolute Gasteiger partial charge is 0.489 e. The Kier molecular flexibility index (Phi) is 3.77. The van der Waals surface area contributed by atoms with Crippen molar-refractivity contribution < 1.29 is 14.3 Å². The van der Waals surface area contributed by atoms with Crippen LogP contribution in [-0.4, -0.2) is 26.0 Å². The number of benzene rings is 1. The van der Waals surface area contributed by atoms with Crippen LogP contribution in [0.4, 0.5) is 0 Å². The highest BCUT2D eigenvalue weighted by molar-refractivity contribution is 5.83. The van der Waals surface area contributed by atoms with Crippen LogP contribution in [0.3, 0.4) is 0 Å². The van der Waals surface area contributed by atoms with Crippen LogP contribution in [0.2, 0.25) is 0 Å². The van der Waals surface area contributed by atoms with Crippen LogP contribution < -0.4 is 15.2 Å². The minimum Gasteiger partial charge on any atom is -0.489 e. The van der Waals surface area contributed by atoms with Crippen molar-refractivity contribution >= 4 is 12.4 Å². The van der Waals surface area contributed by atoms with E-state index in [-0.39, 0.29) is 0 Å². The predicted octanol–water partition coefficient (Wildman–Crippen LogP) is 1.63. The second-order valence-corrected chi connectivity index (χ2v) is 3.71. The van der Waals surface area contributed by atoms with Crippen molar-refractivity contribution in [1.82, 2.24) is 0 Å². The van der Waals surface area contributed by atoms with Crippen LogP contribution in [0, 0.1) is 0 Å². The molecule has 4 nitrogen and oxygen atoms in total. The molecule has 0 atom stereocenters. The lowest BCUT2D eigenvalue weighted by molar-refractivity contribution is 0.111. The molecule has 90 valence electrons. The first-order valence-corrected chi connectivity index (χ1v) is 5.61. The molecular weight excluding hydrogens is 218 g/mol. The van der Waals surface area contributed by atoms with Crippen LogP contribution in [0.15, 0.2) is 18.2 Å². The summed E-state index contributed by atoms with van der Waals surface area (Å²) in [6, 6.07) is 3.57. The molecule has 0 saturated heterocycles. The normalized spacial score (nSPS) is 14.6. The summed E-state index contributed by atoms with van der Waals surface area (Å²) in [7, 11) is 0. The van der Waals surface area contributed by atoms with E-state index < -0.39 is 0 Å². The first-order valence-electron chi connectivity index (χ1n) is 5.61. The van der Waals surface area contributed by atoms with Gasteiger partial charge in [0, 0.05) is 18.5 Å². The third-order valence-corrected chi connectivity index (χ3v) is 2.51. The van der Waals surface area contributed by atoms with Crippen LogP contribution in [0.1, 0.15) is 22.3 Å². The fourth-order valence-electron chi connectivity index (χ4n) is 1.72. The average Bonchev–Trinajstić information content (AvgIpc) is 2.61. The van der Waals surface area contributed by atoms with E-state index >= 15 is 0 Å². The second kappa shape index (κ2) is 5.50. The summed E-state index contributed by atoms with van der Waals surface area (Å²) in [6.45, 7) is 1.63. The molecule has 1 aromatic carbocycles. The topological polar surface area (TPSA) is 61.6 Å². The van der Waals surface area contributed by atoms with Crippen molar-refractivity contribution in [3.63, 3.8) is 0 Å². The average molecular weight is 233 g/mol. The molecule has 1 aliphatic heterocycles. The van der Waals surface area contributed by atoms with E-state index in [1.54, 1.807) is 6.07 Å². The van der Waals surface area contributed by atoms with E-state index in [4.69, 9.17) is 15.2 Å². The van der Waals surface area contributed by atoms with Gasteiger partial charge in [-0.3, -0.25) is 4.79 Å². The monoisotopic (exact) mass is 233 g/mol. The number of hydrogen-bond acceptors (Lipinski definition) is 4. The third-order valence-electron chi connectivity index (χ3n) is 2.51. The summed E-state index contributed by atoms with van der Waals surface area (Å²) in [4.78, 5) is 10.9. The molecule has 1 aromatic rings. The SMILES string of the molecule is NC/C=C/c1ccc(C=O)c2c1OCCCO2. The van der Waals surface area contributed by atoms with E-state index in [0.717, 1.165) is 18.3 Å². The maximum Gasteiger partial charge on any atom is 0.172 e. The number of rotatable bonds is 3. The minimum atomic E-state index is 0.463. The molecule has 17 heavy (non-hydrogen) atoms. The van der Waals surface area contributed by atoms with Crippen molar-refractivity contribution in [3.05, 3.63) is 29.3 Å². The Bertz CT molecular complexity index is 441. The number of nitrogens with two attached hydrogens (primary N) is 1. The fraction of sp³-hybridized carbons (Fsp3) is 0.308. The lowest BCUT2D eigenvalue weighted by Crippen LogP contribution is -1.98. The number of aldehydes is 1. The molecule has 0 spiro atoms. The van der Waals surface area contributed by atoms with E-state index in [1.807, 2.05) is 18.2 Å². The Morgan fingerprint density at radius 3 is 2.47 bits per heavy atom. The van der Waals surface area contributed by atoms with Crippen molar-refractivity contribution in [2.24, 2.45) is 5.73 Å². The molecule has 1 heterocycles. The van der Waals surface area contributed by atoms with Gasteiger partial charge >= 0.3 is 0 Å². The molecule has 0 amide bonds. The van der Waals surface area contributed by atoms with Crippen LogP contribution >= 0.6 is 0 Å². The van der Waals surface area contributed by atoms with E-state index in [2.05, 4.69) is 0 Å². The molecule has 1 aliphatic rings. The van der Waals surface area contributed by atoms with Gasteiger partial charge in [0.1, 0.15) is 0 Å². The zero-order chi connectivity index (χ0) is 12.1. The summed E-state index contributed by atoms with van der Waals surface area (Å²) in [6.07, 6.45) is 5.31. The van der Waals surface area contributed by atoms with E-state index in [9.17, 15) is 4.79 Å². The number of carbonyl (C=O) groups excluding carboxylic acids is 1. The van der Waals surface area contributed by atoms with Gasteiger partial charge in [-0.2, -0.15) is 0 Å². The first kappa shape index (κ1) is 11.7. The van der Waals surface area contributed by atoms with Crippen LogP contribution in [0.25, 0.3) is 6.08 Å². The third kappa shape index (κ3) is 2.47. The summed E-state index contributed by atoms with van der Waals surface area (Å²) in [5, 5.41) is 0. The van der Waals surface area contributed by atoms with Crippen molar-refractivity contribution in [3.8, 4) is 11.5 Å². The number of ether oxygens (including phenoxy) is 2. The van der Waals surface area contributed by atoms with Gasteiger partial charge < -0.3 is 15.2 Å².